The van der Waals surface area contributed by atoms with Crippen LogP contribution in [0.5, 0.6) is 0 Å². The fourth-order valence-corrected chi connectivity index (χ4v) is 1.85. The number of ether oxygens (including phenoxy) is 1. The molecule has 0 fully saturated rings. The van der Waals surface area contributed by atoms with Crippen molar-refractivity contribution >= 4 is 23.8 Å². The van der Waals surface area contributed by atoms with Crippen molar-refractivity contribution in [2.45, 2.75) is 32.9 Å². The number of amides is 4. The number of carbonyl (C=O) groups excluding carboxylic acids is 4. The van der Waals surface area contributed by atoms with Gasteiger partial charge in [-0.05, 0) is 37.1 Å². The van der Waals surface area contributed by atoms with Crippen molar-refractivity contribution in [3.63, 3.8) is 0 Å². The maximum absolute atomic E-state index is 12.9. The first-order valence-electron chi connectivity index (χ1n) is 7.49. The van der Waals surface area contributed by atoms with Crippen molar-refractivity contribution in [3.8, 4) is 0 Å². The number of hydrogen-bond acceptors (Lipinski definition) is 5. The summed E-state index contributed by atoms with van der Waals surface area (Å²) in [4.78, 5) is 46.6. The third kappa shape index (κ3) is 6.21. The summed E-state index contributed by atoms with van der Waals surface area (Å²) in [5, 5.41) is 4.27. The van der Waals surface area contributed by atoms with Crippen LogP contribution in [0.25, 0.3) is 0 Å². The molecular weight excluding hydrogens is 333 g/mol. The Balaban J connectivity index is 2.76. The minimum absolute atomic E-state index is 0.166. The van der Waals surface area contributed by atoms with Gasteiger partial charge in [0.15, 0.2) is 6.10 Å². The molecule has 1 aromatic rings. The van der Waals surface area contributed by atoms with E-state index in [2.05, 4.69) is 5.32 Å². The number of halogens is 1. The number of esters is 1. The lowest BCUT2D eigenvalue weighted by Crippen LogP contribution is -2.48. The van der Waals surface area contributed by atoms with Crippen LogP contribution >= 0.6 is 0 Å². The van der Waals surface area contributed by atoms with E-state index < -0.39 is 41.8 Å². The van der Waals surface area contributed by atoms with Crippen LogP contribution in [-0.2, 0) is 14.3 Å². The number of benzene rings is 1. The van der Waals surface area contributed by atoms with Gasteiger partial charge < -0.3 is 15.8 Å². The van der Waals surface area contributed by atoms with Gasteiger partial charge in [-0.3, -0.25) is 14.9 Å². The number of hydrogen-bond donors (Lipinski definition) is 3. The minimum Gasteiger partial charge on any atom is -0.451 e. The molecule has 0 aliphatic heterocycles. The Labute approximate surface area is 143 Å². The van der Waals surface area contributed by atoms with Crippen LogP contribution in [0.2, 0.25) is 0 Å². The summed E-state index contributed by atoms with van der Waals surface area (Å²) in [5.41, 5.74) is 4.98. The lowest BCUT2D eigenvalue weighted by molar-refractivity contribution is -0.157. The van der Waals surface area contributed by atoms with E-state index in [0.717, 1.165) is 12.1 Å². The molecule has 8 nitrogen and oxygen atoms in total. The Bertz CT molecular complexity index is 660. The van der Waals surface area contributed by atoms with Gasteiger partial charge in [-0.25, -0.2) is 14.0 Å². The van der Waals surface area contributed by atoms with Crippen molar-refractivity contribution < 1.29 is 28.3 Å². The second-order valence-electron chi connectivity index (χ2n) is 5.63. The van der Waals surface area contributed by atoms with Crippen LogP contribution in [0.15, 0.2) is 24.3 Å². The number of carbonyl (C=O) groups is 4. The van der Waals surface area contributed by atoms with Crippen LogP contribution in [-0.4, -0.2) is 36.0 Å². The Hall–Kier alpha value is -2.97. The van der Waals surface area contributed by atoms with E-state index in [1.165, 1.54) is 19.1 Å². The fraction of sp³-hybridized carbons (Fsp3) is 0.375. The lowest BCUT2D eigenvalue weighted by Gasteiger charge is -2.22. The highest BCUT2D eigenvalue weighted by molar-refractivity contribution is 5.98. The number of urea groups is 1. The fourth-order valence-electron chi connectivity index (χ4n) is 1.85. The van der Waals surface area contributed by atoms with E-state index in [4.69, 9.17) is 10.5 Å². The standard InChI is InChI=1S/C16H20FN3O5/c1-8(2)12(15(23)25-9(3)13(21)20-16(18)24)19-14(22)10-4-6-11(17)7-5-10/h4-9,12H,1-3H3,(H,19,22)(H3,18,20,21,24)/t9-,12-/m0/s1. The molecule has 2 atom stereocenters. The van der Waals surface area contributed by atoms with E-state index in [0.29, 0.717) is 0 Å². The predicted octanol–water partition coefficient (Wildman–Crippen LogP) is 0.707. The molecule has 4 amide bonds. The van der Waals surface area contributed by atoms with E-state index in [1.807, 2.05) is 0 Å². The highest BCUT2D eigenvalue weighted by Gasteiger charge is 2.29. The number of rotatable bonds is 6. The van der Waals surface area contributed by atoms with Gasteiger partial charge in [0, 0.05) is 5.56 Å². The summed E-state index contributed by atoms with van der Waals surface area (Å²) >= 11 is 0. The molecule has 0 aliphatic carbocycles. The van der Waals surface area contributed by atoms with Crippen LogP contribution in [0.4, 0.5) is 9.18 Å². The zero-order chi connectivity index (χ0) is 19.1. The SMILES string of the molecule is CC(C)[C@H](NC(=O)c1ccc(F)cc1)C(=O)O[C@@H](C)C(=O)NC(N)=O. The molecule has 25 heavy (non-hydrogen) atoms. The number of imide groups is 1. The van der Waals surface area contributed by atoms with Crippen molar-refractivity contribution in [1.29, 1.82) is 0 Å². The second kappa shape index (κ2) is 8.76. The van der Waals surface area contributed by atoms with Crippen molar-refractivity contribution in [2.75, 3.05) is 0 Å². The molecule has 0 heterocycles. The Kier molecular flexibility index (Phi) is 7.04. The molecule has 0 aromatic heterocycles. The highest BCUT2D eigenvalue weighted by Crippen LogP contribution is 2.09. The summed E-state index contributed by atoms with van der Waals surface area (Å²) in [6, 6.07) is 2.67. The zero-order valence-electron chi connectivity index (χ0n) is 14.0. The number of primary amides is 1. The van der Waals surface area contributed by atoms with Crippen molar-refractivity contribution in [3.05, 3.63) is 35.6 Å². The van der Waals surface area contributed by atoms with Crippen LogP contribution in [0.3, 0.4) is 0 Å². The van der Waals surface area contributed by atoms with E-state index in [1.54, 1.807) is 19.2 Å². The lowest BCUT2D eigenvalue weighted by atomic mass is 10.0. The molecule has 0 spiro atoms. The topological polar surface area (TPSA) is 128 Å². The van der Waals surface area contributed by atoms with Crippen molar-refractivity contribution in [1.82, 2.24) is 10.6 Å². The summed E-state index contributed by atoms with van der Waals surface area (Å²) < 4.78 is 17.9. The molecule has 1 rings (SSSR count). The summed E-state index contributed by atoms with van der Waals surface area (Å²) in [6.07, 6.45) is -1.27. The smallest absolute Gasteiger partial charge is 0.329 e. The van der Waals surface area contributed by atoms with Gasteiger partial charge >= 0.3 is 12.0 Å². The van der Waals surface area contributed by atoms with Crippen LogP contribution in [0.1, 0.15) is 31.1 Å². The first-order chi connectivity index (χ1) is 11.6. The molecule has 0 radical (unpaired) electrons. The quantitative estimate of drug-likeness (QED) is 0.649. The molecule has 4 N–H and O–H groups in total. The molecule has 0 aliphatic rings. The molecule has 9 heteroatoms. The van der Waals surface area contributed by atoms with E-state index in [9.17, 15) is 23.6 Å². The Morgan fingerprint density at radius 3 is 2.12 bits per heavy atom. The normalized spacial score (nSPS) is 12.8. The Morgan fingerprint density at radius 1 is 1.08 bits per heavy atom. The first-order valence-corrected chi connectivity index (χ1v) is 7.49. The second-order valence-corrected chi connectivity index (χ2v) is 5.63. The van der Waals surface area contributed by atoms with Gasteiger partial charge in [-0.1, -0.05) is 13.8 Å². The summed E-state index contributed by atoms with van der Waals surface area (Å²) in [5.74, 6) is -3.16. The molecule has 0 saturated heterocycles. The molecule has 136 valence electrons. The molecule has 1 aromatic carbocycles. The average molecular weight is 353 g/mol. The third-order valence-electron chi connectivity index (χ3n) is 3.22. The third-order valence-corrected chi connectivity index (χ3v) is 3.22. The monoisotopic (exact) mass is 353 g/mol. The van der Waals surface area contributed by atoms with Gasteiger partial charge in [0.05, 0.1) is 0 Å². The Morgan fingerprint density at radius 2 is 1.64 bits per heavy atom. The predicted molar refractivity (Wildman–Crippen MR) is 85.8 cm³/mol. The summed E-state index contributed by atoms with van der Waals surface area (Å²) in [6.45, 7) is 4.60. The molecular formula is C16H20FN3O5. The molecule has 0 saturated carbocycles. The maximum atomic E-state index is 12.9. The van der Waals surface area contributed by atoms with E-state index in [-0.39, 0.29) is 11.5 Å². The van der Waals surface area contributed by atoms with E-state index >= 15 is 0 Å². The van der Waals surface area contributed by atoms with Crippen molar-refractivity contribution in [2.24, 2.45) is 11.7 Å². The van der Waals surface area contributed by atoms with Crippen LogP contribution < -0.4 is 16.4 Å². The minimum atomic E-state index is -1.27. The van der Waals surface area contributed by atoms with Gasteiger partial charge in [0.1, 0.15) is 11.9 Å². The van der Waals surface area contributed by atoms with Gasteiger partial charge in [0.25, 0.3) is 11.8 Å². The largest absolute Gasteiger partial charge is 0.451 e. The zero-order valence-corrected chi connectivity index (χ0v) is 14.0. The average Bonchev–Trinajstić information content (AvgIpc) is 2.51. The van der Waals surface area contributed by atoms with Gasteiger partial charge in [-0.2, -0.15) is 0 Å². The molecule has 0 unspecified atom stereocenters. The molecule has 0 bridgehead atoms. The summed E-state index contributed by atoms with van der Waals surface area (Å²) in [7, 11) is 0. The van der Waals surface area contributed by atoms with Gasteiger partial charge in [0.2, 0.25) is 0 Å². The number of nitrogens with one attached hydrogen (secondary N) is 2. The maximum Gasteiger partial charge on any atom is 0.329 e. The number of nitrogens with two attached hydrogens (primary N) is 1. The first kappa shape index (κ1) is 20.1. The van der Waals surface area contributed by atoms with Gasteiger partial charge in [-0.15, -0.1) is 0 Å². The highest BCUT2D eigenvalue weighted by atomic mass is 19.1. The van der Waals surface area contributed by atoms with Crippen LogP contribution in [0, 0.1) is 11.7 Å².